The van der Waals surface area contributed by atoms with Gasteiger partial charge in [0.25, 0.3) is 0 Å². The second-order valence-electron chi connectivity index (χ2n) is 6.16. The summed E-state index contributed by atoms with van der Waals surface area (Å²) in [6, 6.07) is 5.53. The molecule has 1 aliphatic rings. The van der Waals surface area contributed by atoms with Crippen molar-refractivity contribution in [3.8, 4) is 0 Å². The lowest BCUT2D eigenvalue weighted by Crippen LogP contribution is -2.50. The van der Waals surface area contributed by atoms with Gasteiger partial charge in [-0.3, -0.25) is 19.9 Å². The molecule has 0 aromatic carbocycles. The van der Waals surface area contributed by atoms with Crippen LogP contribution < -0.4 is 10.6 Å². The molecular weight excluding hydrogens is 320 g/mol. The Morgan fingerprint density at radius 1 is 1.16 bits per heavy atom. The van der Waals surface area contributed by atoms with Gasteiger partial charge in [0.05, 0.1) is 12.2 Å². The van der Waals surface area contributed by atoms with Gasteiger partial charge in [0.2, 0.25) is 5.91 Å². The summed E-state index contributed by atoms with van der Waals surface area (Å²) in [6.07, 6.45) is 4.05. The van der Waals surface area contributed by atoms with Gasteiger partial charge in [-0.25, -0.2) is 9.78 Å². The number of amides is 3. The van der Waals surface area contributed by atoms with E-state index in [-0.39, 0.29) is 12.5 Å². The van der Waals surface area contributed by atoms with E-state index in [0.29, 0.717) is 6.54 Å². The maximum absolute atomic E-state index is 11.8. The number of nitrogens with zero attached hydrogens (tertiary/aromatic N) is 4. The van der Waals surface area contributed by atoms with Gasteiger partial charge in [0.15, 0.2) is 0 Å². The fourth-order valence-electron chi connectivity index (χ4n) is 2.97. The minimum absolute atomic E-state index is 0.249. The number of hydrogen-bond donors (Lipinski definition) is 2. The van der Waals surface area contributed by atoms with Crippen molar-refractivity contribution >= 4 is 17.6 Å². The quantitative estimate of drug-likeness (QED) is 0.815. The summed E-state index contributed by atoms with van der Waals surface area (Å²) in [5.74, 6) is -0.264. The molecule has 1 fully saturated rings. The number of nitrogens with one attached hydrogen (secondary N) is 2. The molecule has 0 radical (unpaired) electrons. The standard InChI is InChI=1S/C17H24N6O2/c1-2-18-17(25)20-16(24)13-22-9-7-21(8-10-22)11-14-12-23-6-4-3-5-15(23)19-14/h3-6,12H,2,7-11,13H2,1H3,(H2,18,20,24,25). The van der Waals surface area contributed by atoms with Crippen LogP contribution in [0.1, 0.15) is 12.6 Å². The molecular formula is C17H24N6O2. The largest absolute Gasteiger partial charge is 0.338 e. The Hall–Kier alpha value is -2.45. The smallest absolute Gasteiger partial charge is 0.321 e. The zero-order valence-corrected chi connectivity index (χ0v) is 14.4. The van der Waals surface area contributed by atoms with Crippen LogP contribution in [0.3, 0.4) is 0 Å². The van der Waals surface area contributed by atoms with Gasteiger partial charge in [-0.05, 0) is 19.1 Å². The summed E-state index contributed by atoms with van der Waals surface area (Å²) in [4.78, 5) is 32.2. The third kappa shape index (κ3) is 4.77. The molecule has 0 aliphatic carbocycles. The maximum atomic E-state index is 11.8. The van der Waals surface area contributed by atoms with Gasteiger partial charge in [0.1, 0.15) is 5.65 Å². The van der Waals surface area contributed by atoms with E-state index in [1.807, 2.05) is 35.7 Å². The van der Waals surface area contributed by atoms with Gasteiger partial charge in [-0.2, -0.15) is 0 Å². The van der Waals surface area contributed by atoms with E-state index in [4.69, 9.17) is 0 Å². The van der Waals surface area contributed by atoms with Crippen molar-refractivity contribution in [3.63, 3.8) is 0 Å². The molecule has 2 aromatic rings. The minimum atomic E-state index is -0.432. The van der Waals surface area contributed by atoms with E-state index in [9.17, 15) is 9.59 Å². The first kappa shape index (κ1) is 17.4. The number of urea groups is 1. The molecule has 3 rings (SSSR count). The number of hydrogen-bond acceptors (Lipinski definition) is 5. The number of carbonyl (C=O) groups excluding carboxylic acids is 2. The highest BCUT2D eigenvalue weighted by atomic mass is 16.2. The number of aromatic nitrogens is 2. The van der Waals surface area contributed by atoms with Crippen molar-refractivity contribution in [2.45, 2.75) is 13.5 Å². The highest BCUT2D eigenvalue weighted by Crippen LogP contribution is 2.09. The molecule has 8 nitrogen and oxygen atoms in total. The van der Waals surface area contributed by atoms with Gasteiger partial charge >= 0.3 is 6.03 Å². The summed E-state index contributed by atoms with van der Waals surface area (Å²) < 4.78 is 2.03. The van der Waals surface area contributed by atoms with Crippen LogP contribution in [0.15, 0.2) is 30.6 Å². The van der Waals surface area contributed by atoms with E-state index in [0.717, 1.165) is 44.1 Å². The number of imide groups is 1. The molecule has 0 saturated carbocycles. The van der Waals surface area contributed by atoms with Gasteiger partial charge in [-0.15, -0.1) is 0 Å². The predicted octanol–water partition coefficient (Wildman–Crippen LogP) is 0.298. The molecule has 1 saturated heterocycles. The minimum Gasteiger partial charge on any atom is -0.338 e. The van der Waals surface area contributed by atoms with Crippen molar-refractivity contribution in [2.24, 2.45) is 0 Å². The Kier molecular flexibility index (Phi) is 5.62. The second kappa shape index (κ2) is 8.09. The molecule has 2 aromatic heterocycles. The molecule has 25 heavy (non-hydrogen) atoms. The third-order valence-corrected chi connectivity index (χ3v) is 4.22. The van der Waals surface area contributed by atoms with Crippen molar-refractivity contribution in [1.29, 1.82) is 0 Å². The van der Waals surface area contributed by atoms with Gasteiger partial charge in [0, 0.05) is 51.7 Å². The van der Waals surface area contributed by atoms with Crippen molar-refractivity contribution < 1.29 is 9.59 Å². The fourth-order valence-corrected chi connectivity index (χ4v) is 2.97. The molecule has 3 heterocycles. The Bertz CT molecular complexity index is 703. The topological polar surface area (TPSA) is 82.0 Å². The van der Waals surface area contributed by atoms with Crippen LogP contribution >= 0.6 is 0 Å². The number of imidazole rings is 1. The molecule has 8 heteroatoms. The van der Waals surface area contributed by atoms with Gasteiger partial charge < -0.3 is 9.72 Å². The molecule has 0 atom stereocenters. The zero-order chi connectivity index (χ0) is 17.6. The Morgan fingerprint density at radius 2 is 1.92 bits per heavy atom. The fraction of sp³-hybridized carbons (Fsp3) is 0.471. The highest BCUT2D eigenvalue weighted by Gasteiger charge is 2.20. The van der Waals surface area contributed by atoms with Crippen LogP contribution in [0.4, 0.5) is 4.79 Å². The highest BCUT2D eigenvalue weighted by molar-refractivity contribution is 5.95. The summed E-state index contributed by atoms with van der Waals surface area (Å²) in [6.45, 7) is 6.73. The van der Waals surface area contributed by atoms with Crippen molar-refractivity contribution in [1.82, 2.24) is 29.8 Å². The maximum Gasteiger partial charge on any atom is 0.321 e. The lowest BCUT2D eigenvalue weighted by Gasteiger charge is -2.33. The Morgan fingerprint density at radius 3 is 2.64 bits per heavy atom. The second-order valence-corrected chi connectivity index (χ2v) is 6.16. The number of pyridine rings is 1. The number of fused-ring (bicyclic) bond motifs is 1. The van der Waals surface area contributed by atoms with E-state index < -0.39 is 6.03 Å². The van der Waals surface area contributed by atoms with Crippen LogP contribution in [0, 0.1) is 0 Å². The van der Waals surface area contributed by atoms with Crippen LogP contribution in [-0.4, -0.2) is 70.4 Å². The van der Waals surface area contributed by atoms with Crippen LogP contribution in [0.25, 0.3) is 5.65 Å². The SMILES string of the molecule is CCNC(=O)NC(=O)CN1CCN(Cc2cn3ccccc3n2)CC1. The Labute approximate surface area is 146 Å². The molecule has 3 amide bonds. The lowest BCUT2D eigenvalue weighted by molar-refractivity contribution is -0.121. The van der Waals surface area contributed by atoms with Crippen molar-refractivity contribution in [3.05, 3.63) is 36.3 Å². The monoisotopic (exact) mass is 344 g/mol. The zero-order valence-electron chi connectivity index (χ0n) is 14.4. The number of rotatable bonds is 5. The summed E-state index contributed by atoms with van der Waals surface area (Å²) in [7, 11) is 0. The summed E-state index contributed by atoms with van der Waals surface area (Å²) in [5, 5.41) is 4.89. The third-order valence-electron chi connectivity index (χ3n) is 4.22. The van der Waals surface area contributed by atoms with E-state index in [2.05, 4.69) is 31.6 Å². The van der Waals surface area contributed by atoms with Crippen molar-refractivity contribution in [2.75, 3.05) is 39.3 Å². The normalized spacial score (nSPS) is 16.0. The Balaban J connectivity index is 1.44. The molecule has 2 N–H and O–H groups in total. The van der Waals surface area contributed by atoms with Crippen LogP contribution in [0.2, 0.25) is 0 Å². The number of carbonyl (C=O) groups is 2. The van der Waals surface area contributed by atoms with E-state index >= 15 is 0 Å². The molecule has 1 aliphatic heterocycles. The molecule has 0 unspecified atom stereocenters. The first-order chi connectivity index (χ1) is 12.1. The molecule has 0 spiro atoms. The summed E-state index contributed by atoms with van der Waals surface area (Å²) in [5.41, 5.74) is 2.01. The first-order valence-corrected chi connectivity index (χ1v) is 8.59. The average Bonchev–Trinajstić information content (AvgIpc) is 2.99. The number of piperazine rings is 1. The van der Waals surface area contributed by atoms with Crippen LogP contribution in [-0.2, 0) is 11.3 Å². The van der Waals surface area contributed by atoms with E-state index in [1.54, 1.807) is 0 Å². The van der Waals surface area contributed by atoms with Gasteiger partial charge in [-0.1, -0.05) is 6.07 Å². The molecule has 0 bridgehead atoms. The summed E-state index contributed by atoms with van der Waals surface area (Å²) >= 11 is 0. The lowest BCUT2D eigenvalue weighted by atomic mass is 10.3. The average molecular weight is 344 g/mol. The predicted molar refractivity (Wildman–Crippen MR) is 94.1 cm³/mol. The van der Waals surface area contributed by atoms with Crippen LogP contribution in [0.5, 0.6) is 0 Å². The first-order valence-electron chi connectivity index (χ1n) is 8.59. The van der Waals surface area contributed by atoms with E-state index in [1.165, 1.54) is 0 Å². The molecule has 134 valence electrons.